The van der Waals surface area contributed by atoms with Gasteiger partial charge in [0.25, 0.3) is 5.91 Å². The second-order valence-electron chi connectivity index (χ2n) is 7.51. The molecule has 0 radical (unpaired) electrons. The van der Waals surface area contributed by atoms with Crippen molar-refractivity contribution in [2.45, 2.75) is 0 Å². The van der Waals surface area contributed by atoms with Crippen LogP contribution in [0.5, 0.6) is 0 Å². The highest BCUT2D eigenvalue weighted by molar-refractivity contribution is 7.87. The van der Waals surface area contributed by atoms with Crippen LogP contribution in [0.25, 0.3) is 27.9 Å². The Kier molecular flexibility index (Phi) is 5.72. The predicted molar refractivity (Wildman–Crippen MR) is 129 cm³/mol. The van der Waals surface area contributed by atoms with Crippen LogP contribution in [0, 0.1) is 11.3 Å². The molecule has 0 unspecified atom stereocenters. The third-order valence-electron chi connectivity index (χ3n) is 5.37. The number of nitriles is 1. The van der Waals surface area contributed by atoms with Crippen molar-refractivity contribution in [1.29, 1.82) is 5.26 Å². The van der Waals surface area contributed by atoms with Crippen LogP contribution >= 0.6 is 0 Å². The summed E-state index contributed by atoms with van der Waals surface area (Å²) in [4.78, 5) is 19.3. The van der Waals surface area contributed by atoms with Gasteiger partial charge in [-0.25, -0.2) is 8.96 Å². The average molecular weight is 460 g/mol. The van der Waals surface area contributed by atoms with Gasteiger partial charge in [-0.2, -0.15) is 18.0 Å². The second-order valence-corrected chi connectivity index (χ2v) is 9.51. The van der Waals surface area contributed by atoms with Gasteiger partial charge in [-0.3, -0.25) is 4.79 Å². The number of rotatable bonds is 5. The van der Waals surface area contributed by atoms with Gasteiger partial charge in [0.2, 0.25) is 0 Å². The molecular weight excluding hydrogens is 438 g/mol. The second kappa shape index (κ2) is 8.50. The van der Waals surface area contributed by atoms with Gasteiger partial charge in [-0.15, -0.1) is 0 Å². The van der Waals surface area contributed by atoms with Crippen molar-refractivity contribution in [2.75, 3.05) is 26.0 Å². The van der Waals surface area contributed by atoms with Crippen LogP contribution < -0.4 is 4.90 Å². The molecule has 8 nitrogen and oxygen atoms in total. The quantitative estimate of drug-likeness (QED) is 0.424. The van der Waals surface area contributed by atoms with Crippen molar-refractivity contribution in [3.63, 3.8) is 0 Å². The lowest BCUT2D eigenvalue weighted by atomic mass is 10.0. The van der Waals surface area contributed by atoms with Gasteiger partial charge in [0.1, 0.15) is 5.69 Å². The first-order valence-corrected chi connectivity index (χ1v) is 11.4. The summed E-state index contributed by atoms with van der Waals surface area (Å²) < 4.78 is 28.7. The Balaban J connectivity index is 2.08. The highest BCUT2D eigenvalue weighted by atomic mass is 32.2. The van der Waals surface area contributed by atoms with E-state index in [-0.39, 0.29) is 11.6 Å². The summed E-state index contributed by atoms with van der Waals surface area (Å²) in [7, 11) is 0.651. The number of hydrogen-bond donors (Lipinski definition) is 0. The van der Waals surface area contributed by atoms with Crippen molar-refractivity contribution >= 4 is 49.7 Å². The predicted octanol–water partition coefficient (Wildman–Crippen LogP) is 3.66. The molecule has 0 aliphatic rings. The van der Waals surface area contributed by atoms with E-state index in [1.807, 2.05) is 24.3 Å². The van der Waals surface area contributed by atoms with Crippen molar-refractivity contribution < 1.29 is 13.2 Å². The molecule has 1 amide bonds. The van der Waals surface area contributed by atoms with E-state index >= 15 is 0 Å². The smallest absolute Gasteiger partial charge is 0.308 e. The van der Waals surface area contributed by atoms with Crippen LogP contribution in [0.1, 0.15) is 16.1 Å². The van der Waals surface area contributed by atoms with E-state index in [1.165, 1.54) is 41.3 Å². The zero-order valence-corrected chi connectivity index (χ0v) is 19.1. The van der Waals surface area contributed by atoms with E-state index in [2.05, 4.69) is 4.98 Å². The number of para-hydroxylation sites is 2. The van der Waals surface area contributed by atoms with E-state index in [0.717, 1.165) is 4.31 Å². The molecule has 33 heavy (non-hydrogen) atoms. The van der Waals surface area contributed by atoms with Gasteiger partial charge in [0.05, 0.1) is 23.3 Å². The van der Waals surface area contributed by atoms with Gasteiger partial charge in [0.15, 0.2) is 0 Å². The van der Waals surface area contributed by atoms with Crippen LogP contribution in [-0.4, -0.2) is 48.7 Å². The highest BCUT2D eigenvalue weighted by Crippen LogP contribution is 2.35. The Bertz CT molecular complexity index is 1550. The first-order chi connectivity index (χ1) is 15.8. The lowest BCUT2D eigenvalue weighted by Gasteiger charge is -2.18. The lowest BCUT2D eigenvalue weighted by molar-refractivity contribution is 0.0988. The zero-order valence-electron chi connectivity index (χ0n) is 18.3. The molecule has 0 atom stereocenters. The average Bonchev–Trinajstić information content (AvgIpc) is 3.17. The largest absolute Gasteiger partial charge is 0.310 e. The molecule has 0 fully saturated rings. The van der Waals surface area contributed by atoms with Gasteiger partial charge in [0, 0.05) is 49.2 Å². The number of pyridine rings is 1. The maximum absolute atomic E-state index is 13.4. The SMILES string of the molecule is CN(C(=O)c1ncc2c(c1/C=C/C#N)c1ccccc1n2S(=O)(=O)N(C)C)c1ccccc1. The molecule has 4 aromatic rings. The van der Waals surface area contributed by atoms with Crippen LogP contribution in [-0.2, 0) is 10.2 Å². The summed E-state index contributed by atoms with van der Waals surface area (Å²) in [6.45, 7) is 0. The molecule has 166 valence electrons. The number of nitrogens with zero attached hydrogens (tertiary/aromatic N) is 5. The summed E-state index contributed by atoms with van der Waals surface area (Å²) in [5.41, 5.74) is 1.95. The Morgan fingerprint density at radius 3 is 2.36 bits per heavy atom. The summed E-state index contributed by atoms with van der Waals surface area (Å²) >= 11 is 0. The minimum atomic E-state index is -3.89. The molecule has 0 saturated carbocycles. The third kappa shape index (κ3) is 3.65. The fraction of sp³-hybridized carbons (Fsp3) is 0.125. The monoisotopic (exact) mass is 459 g/mol. The van der Waals surface area contributed by atoms with Crippen molar-refractivity contribution in [3.8, 4) is 6.07 Å². The maximum atomic E-state index is 13.4. The molecular formula is C24H21N5O3S. The van der Waals surface area contributed by atoms with Crippen LogP contribution in [0.2, 0.25) is 0 Å². The van der Waals surface area contributed by atoms with Crippen molar-refractivity contribution in [3.05, 3.63) is 78.1 Å². The summed E-state index contributed by atoms with van der Waals surface area (Å²) in [6, 6.07) is 18.1. The van der Waals surface area contributed by atoms with Gasteiger partial charge in [-0.05, 0) is 24.3 Å². The molecule has 0 bridgehead atoms. The summed E-state index contributed by atoms with van der Waals surface area (Å²) in [6.07, 6.45) is 4.15. The Morgan fingerprint density at radius 1 is 1.03 bits per heavy atom. The van der Waals surface area contributed by atoms with Gasteiger partial charge >= 0.3 is 10.2 Å². The van der Waals surface area contributed by atoms with E-state index in [1.54, 1.807) is 43.4 Å². The number of aromatic nitrogens is 2. The number of allylic oxidation sites excluding steroid dienone is 1. The first kappa shape index (κ1) is 22.2. The minimum absolute atomic E-state index is 0.116. The zero-order chi connectivity index (χ0) is 23.8. The van der Waals surface area contributed by atoms with E-state index in [4.69, 9.17) is 0 Å². The number of benzene rings is 2. The fourth-order valence-electron chi connectivity index (χ4n) is 3.74. The minimum Gasteiger partial charge on any atom is -0.310 e. The fourth-order valence-corrected chi connectivity index (χ4v) is 4.86. The van der Waals surface area contributed by atoms with Crippen molar-refractivity contribution in [2.24, 2.45) is 0 Å². The van der Waals surface area contributed by atoms with Gasteiger partial charge in [-0.1, -0.05) is 36.4 Å². The normalized spacial score (nSPS) is 12.0. The number of carbonyl (C=O) groups excluding carboxylic acids is 1. The molecule has 9 heteroatoms. The molecule has 2 aromatic carbocycles. The molecule has 0 N–H and O–H groups in total. The first-order valence-electron chi connectivity index (χ1n) is 10.0. The highest BCUT2D eigenvalue weighted by Gasteiger charge is 2.27. The number of hydrogen-bond acceptors (Lipinski definition) is 5. The Morgan fingerprint density at radius 2 is 1.70 bits per heavy atom. The van der Waals surface area contributed by atoms with E-state index in [0.29, 0.717) is 33.1 Å². The molecule has 0 spiro atoms. The maximum Gasteiger partial charge on any atom is 0.308 e. The Hall–Kier alpha value is -4.00. The summed E-state index contributed by atoms with van der Waals surface area (Å²) in [5.74, 6) is -0.381. The van der Waals surface area contributed by atoms with E-state index < -0.39 is 10.2 Å². The van der Waals surface area contributed by atoms with Crippen LogP contribution in [0.15, 0.2) is 66.9 Å². The number of anilines is 1. The number of amides is 1. The van der Waals surface area contributed by atoms with Crippen molar-refractivity contribution in [1.82, 2.24) is 13.3 Å². The van der Waals surface area contributed by atoms with E-state index in [9.17, 15) is 18.5 Å². The standard InChI is InChI=1S/C24H21N5O3S/c1-27(2)33(31,32)29-20-14-8-7-12-18(20)22-19(13-9-15-25)23(26-16-21(22)29)24(30)28(3)17-10-5-4-6-11-17/h4-14,16H,1-3H3/b13-9+. The molecule has 2 aromatic heterocycles. The molecule has 4 rings (SSSR count). The summed E-state index contributed by atoms with van der Waals surface area (Å²) in [5, 5.41) is 10.3. The molecule has 0 aliphatic heterocycles. The van der Waals surface area contributed by atoms with Gasteiger partial charge < -0.3 is 4.90 Å². The molecule has 2 heterocycles. The van der Waals surface area contributed by atoms with Crippen LogP contribution in [0.3, 0.4) is 0 Å². The third-order valence-corrected chi connectivity index (χ3v) is 7.15. The lowest BCUT2D eigenvalue weighted by Crippen LogP contribution is -2.29. The Labute approximate surface area is 191 Å². The molecule has 0 saturated heterocycles. The number of fused-ring (bicyclic) bond motifs is 3. The number of carbonyl (C=O) groups is 1. The topological polar surface area (TPSA) is 99.3 Å². The molecule has 0 aliphatic carbocycles. The van der Waals surface area contributed by atoms with Crippen LogP contribution in [0.4, 0.5) is 5.69 Å².